The van der Waals surface area contributed by atoms with Gasteiger partial charge in [0.1, 0.15) is 6.23 Å². The predicted molar refractivity (Wildman–Crippen MR) is 75.8 cm³/mol. The Morgan fingerprint density at radius 1 is 0.941 bits per heavy atom. The van der Waals surface area contributed by atoms with Crippen molar-refractivity contribution in [1.82, 2.24) is 5.32 Å². The van der Waals surface area contributed by atoms with Crippen molar-refractivity contribution in [2.45, 2.75) is 84.3 Å². The van der Waals surface area contributed by atoms with E-state index < -0.39 is 0 Å². The van der Waals surface area contributed by atoms with Gasteiger partial charge in [0.05, 0.1) is 0 Å². The maximum Gasteiger partial charge on any atom is 0.123 e. The van der Waals surface area contributed by atoms with Crippen LogP contribution in [-0.2, 0) is 0 Å². The van der Waals surface area contributed by atoms with Crippen LogP contribution in [0.15, 0.2) is 12.3 Å². The molecule has 0 rings (SSSR count). The number of hydrogen-bond acceptors (Lipinski definition) is 2. The normalized spacial score (nSPS) is 13.1. The topological polar surface area (TPSA) is 32.3 Å². The van der Waals surface area contributed by atoms with Gasteiger partial charge in [-0.3, -0.25) is 0 Å². The fraction of sp³-hybridized carbons (Fsp3) is 0.867. The van der Waals surface area contributed by atoms with Crippen molar-refractivity contribution < 1.29 is 5.11 Å². The van der Waals surface area contributed by atoms with E-state index in [2.05, 4.69) is 18.3 Å². The van der Waals surface area contributed by atoms with Crippen LogP contribution in [0.4, 0.5) is 0 Å². The van der Waals surface area contributed by atoms with Crippen LogP contribution in [0.2, 0.25) is 0 Å². The summed E-state index contributed by atoms with van der Waals surface area (Å²) >= 11 is 0. The highest BCUT2D eigenvalue weighted by atomic mass is 16.3. The van der Waals surface area contributed by atoms with Crippen LogP contribution in [0, 0.1) is 0 Å². The van der Waals surface area contributed by atoms with E-state index in [0.717, 1.165) is 12.8 Å². The zero-order valence-electron chi connectivity index (χ0n) is 11.8. The molecule has 0 aliphatic heterocycles. The van der Waals surface area contributed by atoms with Gasteiger partial charge in [0.15, 0.2) is 0 Å². The number of nitrogens with one attached hydrogen (secondary N) is 1. The van der Waals surface area contributed by atoms with Crippen molar-refractivity contribution in [3.05, 3.63) is 12.3 Å². The number of hydrogen-bond donors (Lipinski definition) is 2. The van der Waals surface area contributed by atoms with Gasteiger partial charge in [-0.15, -0.1) is 0 Å². The first-order valence-electron chi connectivity index (χ1n) is 7.40. The average molecular weight is 241 g/mol. The minimum atomic E-state index is -0.384. The van der Waals surface area contributed by atoms with Gasteiger partial charge in [0.2, 0.25) is 0 Å². The van der Waals surface area contributed by atoms with Crippen molar-refractivity contribution in [2.24, 2.45) is 0 Å². The van der Waals surface area contributed by atoms with Crippen molar-refractivity contribution in [3.8, 4) is 0 Å². The van der Waals surface area contributed by atoms with Crippen LogP contribution in [-0.4, -0.2) is 11.3 Å². The molecule has 0 bridgehead atoms. The first-order chi connectivity index (χ1) is 8.31. The molecule has 102 valence electrons. The van der Waals surface area contributed by atoms with E-state index in [0.29, 0.717) is 0 Å². The molecule has 0 aromatic heterocycles. The second-order valence-electron chi connectivity index (χ2n) is 4.76. The number of allylic oxidation sites excluding steroid dienone is 1. The van der Waals surface area contributed by atoms with E-state index in [1.165, 1.54) is 51.4 Å². The molecule has 2 nitrogen and oxygen atoms in total. The Morgan fingerprint density at radius 3 is 2.12 bits per heavy atom. The average Bonchev–Trinajstić information content (AvgIpc) is 2.35. The van der Waals surface area contributed by atoms with Crippen molar-refractivity contribution in [3.63, 3.8) is 0 Å². The maximum absolute atomic E-state index is 9.24. The molecule has 0 fully saturated rings. The van der Waals surface area contributed by atoms with E-state index in [1.54, 1.807) is 0 Å². The lowest BCUT2D eigenvalue weighted by Crippen LogP contribution is -2.21. The van der Waals surface area contributed by atoms with E-state index in [-0.39, 0.29) is 6.23 Å². The minimum Gasteiger partial charge on any atom is -0.374 e. The molecule has 0 spiro atoms. The summed E-state index contributed by atoms with van der Waals surface area (Å²) in [6.07, 6.45) is 16.4. The molecule has 2 heteroatoms. The van der Waals surface area contributed by atoms with Crippen LogP contribution < -0.4 is 5.32 Å². The molecular weight excluding hydrogens is 210 g/mol. The Bertz CT molecular complexity index is 168. The standard InChI is InChI=1S/C15H31NO/c1-3-5-6-7-8-9-10-11-12-13-14-16-15(17)4-2/h13-17H,3-12H2,1-2H3. The number of unbranched alkanes of at least 4 members (excludes halogenated alkanes) is 8. The van der Waals surface area contributed by atoms with Crippen LogP contribution in [0.1, 0.15) is 78.1 Å². The highest BCUT2D eigenvalue weighted by Crippen LogP contribution is 2.09. The molecule has 17 heavy (non-hydrogen) atoms. The Hall–Kier alpha value is -0.500. The molecule has 0 saturated carbocycles. The van der Waals surface area contributed by atoms with Gasteiger partial charge in [-0.25, -0.2) is 0 Å². The summed E-state index contributed by atoms with van der Waals surface area (Å²) < 4.78 is 0. The molecule has 0 aliphatic rings. The first-order valence-corrected chi connectivity index (χ1v) is 7.40. The number of aliphatic hydroxyl groups excluding tert-OH is 1. The third-order valence-corrected chi connectivity index (χ3v) is 3.02. The zero-order chi connectivity index (χ0) is 12.8. The summed E-state index contributed by atoms with van der Waals surface area (Å²) in [5, 5.41) is 12.2. The van der Waals surface area contributed by atoms with Crippen LogP contribution in [0.3, 0.4) is 0 Å². The third-order valence-electron chi connectivity index (χ3n) is 3.02. The zero-order valence-corrected chi connectivity index (χ0v) is 11.8. The molecule has 0 radical (unpaired) electrons. The SMILES string of the molecule is CCCCCCCCCCC=CNC(O)CC. The molecule has 0 heterocycles. The predicted octanol–water partition coefficient (Wildman–Crippen LogP) is 4.35. The van der Waals surface area contributed by atoms with E-state index in [1.807, 2.05) is 13.1 Å². The van der Waals surface area contributed by atoms with Crippen LogP contribution in [0.5, 0.6) is 0 Å². The van der Waals surface area contributed by atoms with Gasteiger partial charge in [0, 0.05) is 0 Å². The minimum absolute atomic E-state index is 0.384. The van der Waals surface area contributed by atoms with Gasteiger partial charge in [-0.05, 0) is 25.5 Å². The van der Waals surface area contributed by atoms with Gasteiger partial charge >= 0.3 is 0 Å². The Balaban J connectivity index is 3.07. The summed E-state index contributed by atoms with van der Waals surface area (Å²) in [5.41, 5.74) is 0. The molecule has 1 unspecified atom stereocenters. The van der Waals surface area contributed by atoms with Crippen LogP contribution >= 0.6 is 0 Å². The summed E-state index contributed by atoms with van der Waals surface area (Å²) in [7, 11) is 0. The van der Waals surface area contributed by atoms with Gasteiger partial charge in [-0.2, -0.15) is 0 Å². The first kappa shape index (κ1) is 16.5. The Kier molecular flexibility index (Phi) is 13.2. The second-order valence-corrected chi connectivity index (χ2v) is 4.76. The molecule has 1 atom stereocenters. The van der Waals surface area contributed by atoms with Crippen LogP contribution in [0.25, 0.3) is 0 Å². The van der Waals surface area contributed by atoms with Crippen molar-refractivity contribution in [1.29, 1.82) is 0 Å². The van der Waals surface area contributed by atoms with Crippen molar-refractivity contribution >= 4 is 0 Å². The fourth-order valence-corrected chi connectivity index (χ4v) is 1.78. The number of rotatable bonds is 12. The lowest BCUT2D eigenvalue weighted by atomic mass is 10.1. The quantitative estimate of drug-likeness (QED) is 0.393. The lowest BCUT2D eigenvalue weighted by molar-refractivity contribution is 0.149. The fourth-order valence-electron chi connectivity index (χ4n) is 1.78. The van der Waals surface area contributed by atoms with Gasteiger partial charge < -0.3 is 10.4 Å². The smallest absolute Gasteiger partial charge is 0.123 e. The molecule has 0 aliphatic carbocycles. The summed E-state index contributed by atoms with van der Waals surface area (Å²) in [4.78, 5) is 0. The largest absolute Gasteiger partial charge is 0.374 e. The molecular formula is C15H31NO. The Labute approximate surface area is 108 Å². The molecule has 0 saturated heterocycles. The lowest BCUT2D eigenvalue weighted by Gasteiger charge is -2.06. The van der Waals surface area contributed by atoms with E-state index >= 15 is 0 Å². The molecule has 2 N–H and O–H groups in total. The second kappa shape index (κ2) is 13.6. The number of aliphatic hydroxyl groups is 1. The monoisotopic (exact) mass is 241 g/mol. The van der Waals surface area contributed by atoms with E-state index in [4.69, 9.17) is 0 Å². The summed E-state index contributed by atoms with van der Waals surface area (Å²) in [5.74, 6) is 0. The maximum atomic E-state index is 9.24. The molecule has 0 aromatic rings. The highest BCUT2D eigenvalue weighted by molar-refractivity contribution is 4.79. The molecule has 0 amide bonds. The Morgan fingerprint density at radius 2 is 1.53 bits per heavy atom. The summed E-state index contributed by atoms with van der Waals surface area (Å²) in [6, 6.07) is 0. The highest BCUT2D eigenvalue weighted by Gasteiger charge is 1.92. The summed E-state index contributed by atoms with van der Waals surface area (Å²) in [6.45, 7) is 4.22. The van der Waals surface area contributed by atoms with Gasteiger partial charge in [-0.1, -0.05) is 64.9 Å². The third kappa shape index (κ3) is 13.4. The van der Waals surface area contributed by atoms with E-state index in [9.17, 15) is 5.11 Å². The van der Waals surface area contributed by atoms with Crippen molar-refractivity contribution in [2.75, 3.05) is 0 Å². The molecule has 0 aromatic carbocycles. The van der Waals surface area contributed by atoms with Gasteiger partial charge in [0.25, 0.3) is 0 Å².